The summed E-state index contributed by atoms with van der Waals surface area (Å²) >= 11 is 0. The van der Waals surface area contributed by atoms with Crippen LogP contribution in [0.1, 0.15) is 272 Å². The zero-order chi connectivity index (χ0) is 48.1. The summed E-state index contributed by atoms with van der Waals surface area (Å²) in [6.45, 7) is 15.5. The average Bonchev–Trinajstić information content (AvgIpc) is 3.28. The summed E-state index contributed by atoms with van der Waals surface area (Å²) in [7, 11) is 0. The van der Waals surface area contributed by atoms with Gasteiger partial charge in [-0.1, -0.05) is 187 Å². The molecule has 1 aromatic carbocycles. The normalized spacial score (nSPS) is 12.4. The van der Waals surface area contributed by atoms with Crippen LogP contribution in [0.3, 0.4) is 0 Å². The van der Waals surface area contributed by atoms with Gasteiger partial charge in [-0.25, -0.2) is 0 Å². The summed E-state index contributed by atoms with van der Waals surface area (Å²) in [5.74, 6) is 0.692. The molecule has 0 N–H and O–H groups in total. The second-order valence-corrected chi connectivity index (χ2v) is 19.6. The van der Waals surface area contributed by atoms with Gasteiger partial charge in [0.1, 0.15) is 11.5 Å². The molecule has 66 heavy (non-hydrogen) atoms. The monoisotopic (exact) mass is 911 g/mol. The highest BCUT2D eigenvalue weighted by Crippen LogP contribution is 2.27. The van der Waals surface area contributed by atoms with Gasteiger partial charge in [-0.15, -0.1) is 0 Å². The molecule has 0 spiro atoms. The van der Waals surface area contributed by atoms with Crippen LogP contribution in [-0.2, 0) is 16.0 Å². The van der Waals surface area contributed by atoms with Crippen LogP contribution in [0.25, 0.3) is 0 Å². The van der Waals surface area contributed by atoms with Crippen molar-refractivity contribution in [3.05, 3.63) is 94.7 Å². The lowest BCUT2D eigenvalue weighted by Gasteiger charge is -2.12. The molecule has 4 nitrogen and oxygen atoms in total. The van der Waals surface area contributed by atoms with Gasteiger partial charge in [0, 0.05) is 18.4 Å². The van der Waals surface area contributed by atoms with E-state index in [-0.39, 0.29) is 11.9 Å². The van der Waals surface area contributed by atoms with Gasteiger partial charge in [-0.05, 0) is 162 Å². The largest absolute Gasteiger partial charge is 0.427 e. The maximum Gasteiger partial charge on any atom is 0.311 e. The minimum absolute atomic E-state index is 0.193. The first-order chi connectivity index (χ1) is 32.1. The van der Waals surface area contributed by atoms with E-state index in [1.807, 2.05) is 12.1 Å². The molecule has 0 amide bonds. The Kier molecular flexibility index (Phi) is 40.5. The Morgan fingerprint density at radius 3 is 1.23 bits per heavy atom. The highest BCUT2D eigenvalue weighted by molar-refractivity contribution is 5.74. The van der Waals surface area contributed by atoms with Crippen molar-refractivity contribution in [1.82, 2.24) is 0 Å². The zero-order valence-electron chi connectivity index (χ0n) is 44.2. The Balaban J connectivity index is 2.63. The standard InChI is InChI=1S/C62H102O4/c1-8-10-12-14-16-18-20-22-24-26-28-30-32-34-36-47-61(63)65-59-51-52-60(66-62(64)48-37-35-33-31-29-27-25-23-21-19-17-15-13-11-9-2)58(53-59)50-49-57(7)46-40-45-56(6)44-39-43-55(5)42-38-41-54(3)4/h22-25,41,43,45,49,51-53H,8-21,26-40,42,44,46-48,50H2,1-7H3/b24-22-,25-23-,55-43+,56-45+,57-49+. The lowest BCUT2D eigenvalue weighted by molar-refractivity contribution is -0.135. The second-order valence-electron chi connectivity index (χ2n) is 19.6. The SMILES string of the molecule is CCCCCCCC/C=C\CCCCCCCC(=O)Oc1ccc(OC(=O)CCCCCCC/C=C\CCCCCCCC)c(C/C=C(\C)CC/C=C(\C)CC/C=C(\C)CCC=C(C)C)c1. The van der Waals surface area contributed by atoms with E-state index in [0.717, 1.165) is 95.5 Å². The van der Waals surface area contributed by atoms with Gasteiger partial charge in [-0.3, -0.25) is 9.59 Å². The highest BCUT2D eigenvalue weighted by Gasteiger charge is 2.13. The van der Waals surface area contributed by atoms with Crippen molar-refractivity contribution in [2.45, 2.75) is 273 Å². The molecule has 0 saturated heterocycles. The third kappa shape index (κ3) is 38.7. The van der Waals surface area contributed by atoms with Crippen molar-refractivity contribution >= 4 is 11.9 Å². The molecular weight excluding hydrogens is 809 g/mol. The van der Waals surface area contributed by atoms with E-state index in [9.17, 15) is 9.59 Å². The summed E-state index contributed by atoms with van der Waals surface area (Å²) in [5, 5.41) is 0. The van der Waals surface area contributed by atoms with E-state index in [4.69, 9.17) is 9.47 Å². The minimum atomic E-state index is -0.198. The van der Waals surface area contributed by atoms with Gasteiger partial charge in [-0.2, -0.15) is 0 Å². The fourth-order valence-corrected chi connectivity index (χ4v) is 8.19. The Bertz CT molecular complexity index is 1550. The minimum Gasteiger partial charge on any atom is -0.427 e. The fraction of sp³-hybridized carbons (Fsp3) is 0.677. The van der Waals surface area contributed by atoms with Crippen molar-refractivity contribution < 1.29 is 19.1 Å². The topological polar surface area (TPSA) is 52.6 Å². The van der Waals surface area contributed by atoms with Crippen LogP contribution < -0.4 is 9.47 Å². The van der Waals surface area contributed by atoms with Crippen LogP contribution in [0, 0.1) is 0 Å². The third-order valence-electron chi connectivity index (χ3n) is 12.6. The van der Waals surface area contributed by atoms with Gasteiger partial charge >= 0.3 is 11.9 Å². The Hall–Kier alpha value is -3.40. The number of hydrogen-bond acceptors (Lipinski definition) is 4. The van der Waals surface area contributed by atoms with Crippen LogP contribution >= 0.6 is 0 Å². The van der Waals surface area contributed by atoms with Gasteiger partial charge in [0.2, 0.25) is 0 Å². The summed E-state index contributed by atoms with van der Waals surface area (Å²) in [6.07, 6.45) is 58.5. The van der Waals surface area contributed by atoms with Crippen LogP contribution in [-0.4, -0.2) is 11.9 Å². The number of ether oxygens (including phenoxy) is 2. The zero-order valence-corrected chi connectivity index (χ0v) is 44.2. The van der Waals surface area contributed by atoms with Crippen LogP contribution in [0.4, 0.5) is 0 Å². The van der Waals surface area contributed by atoms with Crippen molar-refractivity contribution in [3.63, 3.8) is 0 Å². The molecule has 0 aliphatic carbocycles. The number of unbranched alkanes of at least 4 members (excludes halogenated alkanes) is 22. The number of hydrogen-bond donors (Lipinski definition) is 0. The molecular formula is C62H102O4. The van der Waals surface area contributed by atoms with E-state index in [1.54, 1.807) is 6.07 Å². The van der Waals surface area contributed by atoms with Crippen molar-refractivity contribution in [1.29, 1.82) is 0 Å². The lowest BCUT2D eigenvalue weighted by Crippen LogP contribution is -2.10. The first-order valence-corrected chi connectivity index (χ1v) is 27.6. The molecule has 1 aromatic rings. The number of esters is 2. The summed E-state index contributed by atoms with van der Waals surface area (Å²) in [6, 6.07) is 5.48. The predicted molar refractivity (Wildman–Crippen MR) is 289 cm³/mol. The maximum atomic E-state index is 13.1. The Morgan fingerprint density at radius 2 is 0.788 bits per heavy atom. The summed E-state index contributed by atoms with van der Waals surface area (Å²) in [5.41, 5.74) is 6.48. The van der Waals surface area contributed by atoms with Gasteiger partial charge in [0.05, 0.1) is 0 Å². The smallest absolute Gasteiger partial charge is 0.311 e. The molecule has 0 radical (unpaired) electrons. The van der Waals surface area contributed by atoms with E-state index in [2.05, 4.69) is 97.1 Å². The van der Waals surface area contributed by atoms with Crippen LogP contribution in [0.5, 0.6) is 11.5 Å². The van der Waals surface area contributed by atoms with E-state index >= 15 is 0 Å². The van der Waals surface area contributed by atoms with Crippen molar-refractivity contribution in [3.8, 4) is 11.5 Å². The first kappa shape index (κ1) is 60.6. The Morgan fingerprint density at radius 1 is 0.409 bits per heavy atom. The van der Waals surface area contributed by atoms with E-state index in [1.165, 1.54) is 138 Å². The van der Waals surface area contributed by atoms with E-state index in [0.29, 0.717) is 30.8 Å². The third-order valence-corrected chi connectivity index (χ3v) is 12.6. The molecule has 0 fully saturated rings. The van der Waals surface area contributed by atoms with Gasteiger partial charge in [0.25, 0.3) is 0 Å². The van der Waals surface area contributed by atoms with Crippen molar-refractivity contribution in [2.75, 3.05) is 0 Å². The average molecular weight is 911 g/mol. The molecule has 0 atom stereocenters. The molecule has 0 bridgehead atoms. The molecule has 1 rings (SSSR count). The number of carbonyl (C=O) groups excluding carboxylic acids is 2. The van der Waals surface area contributed by atoms with Crippen molar-refractivity contribution in [2.24, 2.45) is 0 Å². The molecule has 4 heteroatoms. The predicted octanol–water partition coefficient (Wildman–Crippen LogP) is 20.3. The fourth-order valence-electron chi connectivity index (χ4n) is 8.19. The Labute approximate surface area is 408 Å². The molecule has 0 aromatic heterocycles. The lowest BCUT2D eigenvalue weighted by atomic mass is 10.0. The number of allylic oxidation sites excluding steroid dienone is 12. The summed E-state index contributed by atoms with van der Waals surface area (Å²) < 4.78 is 11.8. The maximum absolute atomic E-state index is 13.1. The quantitative estimate of drug-likeness (QED) is 0.0283. The van der Waals surface area contributed by atoms with Crippen LogP contribution in [0.15, 0.2) is 89.1 Å². The molecule has 0 saturated carbocycles. The van der Waals surface area contributed by atoms with Gasteiger partial charge in [0.15, 0.2) is 0 Å². The first-order valence-electron chi connectivity index (χ1n) is 27.6. The second kappa shape index (κ2) is 44.1. The number of benzene rings is 1. The molecule has 0 unspecified atom stereocenters. The van der Waals surface area contributed by atoms with Gasteiger partial charge < -0.3 is 9.47 Å². The summed E-state index contributed by atoms with van der Waals surface area (Å²) in [4.78, 5) is 26.0. The van der Waals surface area contributed by atoms with E-state index < -0.39 is 0 Å². The highest BCUT2D eigenvalue weighted by atomic mass is 16.5. The number of rotatable bonds is 43. The molecule has 0 heterocycles. The molecule has 374 valence electrons. The molecule has 0 aliphatic rings. The van der Waals surface area contributed by atoms with Crippen LogP contribution in [0.2, 0.25) is 0 Å². The molecule has 0 aliphatic heterocycles. The number of carbonyl (C=O) groups is 2.